The van der Waals surface area contributed by atoms with E-state index in [-0.39, 0.29) is 12.3 Å². The van der Waals surface area contributed by atoms with Crippen LogP contribution in [-0.4, -0.2) is 33.8 Å². The predicted octanol–water partition coefficient (Wildman–Crippen LogP) is 0.185. The first-order chi connectivity index (χ1) is 4.70. The largest absolute Gasteiger partial charge is 0.481 e. The smallest absolute Gasteiger partial charge is 0.303 e. The van der Waals surface area contributed by atoms with Gasteiger partial charge in [-0.05, 0) is 5.75 Å². The number of carboxylic acid groups (broad SMARTS) is 1. The Morgan fingerprint density at radius 2 is 2.30 bits per heavy atom. The lowest BCUT2D eigenvalue weighted by Crippen LogP contribution is -2.20. The Kier molecular flexibility index (Phi) is 2.56. The number of aliphatic hydroxyl groups excluding tert-OH is 1. The van der Waals surface area contributed by atoms with Gasteiger partial charge in [0.05, 0.1) is 12.5 Å². The van der Waals surface area contributed by atoms with Crippen LogP contribution in [0.1, 0.15) is 6.42 Å². The van der Waals surface area contributed by atoms with E-state index in [4.69, 9.17) is 10.2 Å². The molecule has 0 unspecified atom stereocenters. The van der Waals surface area contributed by atoms with Gasteiger partial charge in [0, 0.05) is 11.7 Å². The zero-order valence-electron chi connectivity index (χ0n) is 5.49. The van der Waals surface area contributed by atoms with Crippen molar-refractivity contribution in [3.63, 3.8) is 0 Å². The summed E-state index contributed by atoms with van der Waals surface area (Å²) in [6, 6.07) is 0. The molecule has 1 fully saturated rings. The summed E-state index contributed by atoms with van der Waals surface area (Å²) in [5, 5.41) is 17.5. The van der Waals surface area contributed by atoms with Gasteiger partial charge in [-0.15, -0.1) is 0 Å². The second kappa shape index (κ2) is 3.25. The second-order valence-electron chi connectivity index (χ2n) is 2.46. The molecule has 0 radical (unpaired) electrons. The molecule has 0 aliphatic carbocycles. The summed E-state index contributed by atoms with van der Waals surface area (Å²) in [5.74, 6) is 0.639. The van der Waals surface area contributed by atoms with E-state index in [1.165, 1.54) is 0 Å². The summed E-state index contributed by atoms with van der Waals surface area (Å²) < 4.78 is 0. The topological polar surface area (TPSA) is 57.5 Å². The lowest BCUT2D eigenvalue weighted by molar-refractivity contribution is -0.138. The molecule has 4 heteroatoms. The van der Waals surface area contributed by atoms with Gasteiger partial charge in [0.15, 0.2) is 0 Å². The van der Waals surface area contributed by atoms with E-state index in [0.717, 1.165) is 5.75 Å². The fourth-order valence-electron chi connectivity index (χ4n) is 1.01. The van der Waals surface area contributed by atoms with Crippen LogP contribution in [0, 0.1) is 5.92 Å². The highest BCUT2D eigenvalue weighted by Gasteiger charge is 2.27. The Morgan fingerprint density at radius 1 is 1.60 bits per heavy atom. The molecule has 0 spiro atoms. The number of hydrogen-bond acceptors (Lipinski definition) is 3. The highest BCUT2D eigenvalue weighted by Crippen LogP contribution is 2.26. The molecular weight excluding hydrogens is 152 g/mol. The molecule has 0 bridgehead atoms. The standard InChI is InChI=1S/C6H10O3S/c7-5-3-10-2-4(5)1-6(8)9/h4-5,7H,1-3H2,(H,8,9)/t4-,5-/m0/s1. The first kappa shape index (κ1) is 7.88. The third kappa shape index (κ3) is 1.88. The summed E-state index contributed by atoms with van der Waals surface area (Å²) in [6.07, 6.45) is -0.296. The Balaban J connectivity index is 2.33. The van der Waals surface area contributed by atoms with Crippen molar-refractivity contribution in [2.24, 2.45) is 5.92 Å². The average Bonchev–Trinajstić information content (AvgIpc) is 2.15. The maximum absolute atomic E-state index is 10.2. The summed E-state index contributed by atoms with van der Waals surface area (Å²) >= 11 is 1.62. The molecule has 1 rings (SSSR count). The first-order valence-corrected chi connectivity index (χ1v) is 4.33. The summed E-state index contributed by atoms with van der Waals surface area (Å²) in [5.41, 5.74) is 0. The average molecular weight is 162 g/mol. The van der Waals surface area contributed by atoms with Crippen LogP contribution in [0.15, 0.2) is 0 Å². The van der Waals surface area contributed by atoms with Gasteiger partial charge in [-0.25, -0.2) is 0 Å². The van der Waals surface area contributed by atoms with Crippen LogP contribution >= 0.6 is 11.8 Å². The Labute approximate surface area is 63.4 Å². The van der Waals surface area contributed by atoms with Gasteiger partial charge in [0.25, 0.3) is 0 Å². The quantitative estimate of drug-likeness (QED) is 0.608. The molecule has 0 saturated carbocycles. The molecule has 58 valence electrons. The molecule has 1 heterocycles. The van der Waals surface area contributed by atoms with Crippen LogP contribution in [0.4, 0.5) is 0 Å². The van der Waals surface area contributed by atoms with E-state index in [1.807, 2.05) is 0 Å². The molecule has 1 aliphatic rings. The maximum Gasteiger partial charge on any atom is 0.303 e. The summed E-state index contributed by atoms with van der Waals surface area (Å²) in [6.45, 7) is 0. The van der Waals surface area contributed by atoms with Crippen molar-refractivity contribution in [2.45, 2.75) is 12.5 Å². The third-order valence-electron chi connectivity index (χ3n) is 1.60. The molecule has 2 atom stereocenters. The first-order valence-electron chi connectivity index (χ1n) is 3.17. The monoisotopic (exact) mass is 162 g/mol. The van der Waals surface area contributed by atoms with Gasteiger partial charge in [-0.3, -0.25) is 4.79 Å². The molecule has 1 saturated heterocycles. The molecule has 0 aromatic carbocycles. The Morgan fingerprint density at radius 3 is 2.70 bits per heavy atom. The summed E-state index contributed by atoms with van der Waals surface area (Å²) in [7, 11) is 0. The van der Waals surface area contributed by atoms with Gasteiger partial charge in [0.1, 0.15) is 0 Å². The van der Waals surface area contributed by atoms with Gasteiger partial charge in [-0.2, -0.15) is 11.8 Å². The minimum absolute atomic E-state index is 0.0255. The van der Waals surface area contributed by atoms with E-state index < -0.39 is 12.1 Å². The third-order valence-corrected chi connectivity index (χ3v) is 2.84. The van der Waals surface area contributed by atoms with Crippen molar-refractivity contribution in [3.05, 3.63) is 0 Å². The highest BCUT2D eigenvalue weighted by molar-refractivity contribution is 7.99. The SMILES string of the molecule is O=C(O)C[C@H]1CSC[C@@H]1O. The van der Waals surface area contributed by atoms with Crippen LogP contribution in [0.5, 0.6) is 0 Å². The molecule has 3 nitrogen and oxygen atoms in total. The number of carbonyl (C=O) groups is 1. The van der Waals surface area contributed by atoms with E-state index in [0.29, 0.717) is 5.75 Å². The van der Waals surface area contributed by atoms with Crippen molar-refractivity contribution in [1.29, 1.82) is 0 Å². The molecule has 2 N–H and O–H groups in total. The lowest BCUT2D eigenvalue weighted by atomic mass is 10.0. The van der Waals surface area contributed by atoms with Gasteiger partial charge < -0.3 is 10.2 Å². The predicted molar refractivity (Wildman–Crippen MR) is 39.1 cm³/mol. The van der Waals surface area contributed by atoms with Gasteiger partial charge >= 0.3 is 5.97 Å². The van der Waals surface area contributed by atoms with E-state index in [2.05, 4.69) is 0 Å². The van der Waals surface area contributed by atoms with Crippen molar-refractivity contribution in [3.8, 4) is 0 Å². The molecule has 1 aliphatic heterocycles. The zero-order valence-corrected chi connectivity index (χ0v) is 6.30. The zero-order chi connectivity index (χ0) is 7.56. The van der Waals surface area contributed by atoms with Gasteiger partial charge in [0.2, 0.25) is 0 Å². The normalized spacial score (nSPS) is 32.5. The van der Waals surface area contributed by atoms with Crippen molar-refractivity contribution in [2.75, 3.05) is 11.5 Å². The lowest BCUT2D eigenvalue weighted by Gasteiger charge is -2.08. The summed E-state index contributed by atoms with van der Waals surface area (Å²) in [4.78, 5) is 10.2. The van der Waals surface area contributed by atoms with E-state index >= 15 is 0 Å². The maximum atomic E-state index is 10.2. The number of thioether (sulfide) groups is 1. The minimum atomic E-state index is -0.813. The van der Waals surface area contributed by atoms with Crippen LogP contribution in [0.3, 0.4) is 0 Å². The van der Waals surface area contributed by atoms with Crippen molar-refractivity contribution < 1.29 is 15.0 Å². The van der Waals surface area contributed by atoms with Crippen molar-refractivity contribution in [1.82, 2.24) is 0 Å². The Hall–Kier alpha value is -0.220. The van der Waals surface area contributed by atoms with E-state index in [9.17, 15) is 4.79 Å². The van der Waals surface area contributed by atoms with E-state index in [1.54, 1.807) is 11.8 Å². The molecule has 0 aromatic rings. The number of aliphatic hydroxyl groups is 1. The van der Waals surface area contributed by atoms with Crippen LogP contribution in [0.2, 0.25) is 0 Å². The number of rotatable bonds is 2. The van der Waals surface area contributed by atoms with Crippen molar-refractivity contribution >= 4 is 17.7 Å². The van der Waals surface area contributed by atoms with Crippen LogP contribution in [0.25, 0.3) is 0 Å². The minimum Gasteiger partial charge on any atom is -0.481 e. The van der Waals surface area contributed by atoms with Crippen LogP contribution in [-0.2, 0) is 4.79 Å². The fourth-order valence-corrected chi connectivity index (χ4v) is 2.30. The highest BCUT2D eigenvalue weighted by atomic mass is 32.2. The molecule has 0 aromatic heterocycles. The fraction of sp³-hybridized carbons (Fsp3) is 0.833. The van der Waals surface area contributed by atoms with Gasteiger partial charge in [-0.1, -0.05) is 0 Å². The molecule has 10 heavy (non-hydrogen) atoms. The molecular formula is C6H10O3S. The van der Waals surface area contributed by atoms with Crippen LogP contribution < -0.4 is 0 Å². The second-order valence-corrected chi connectivity index (χ2v) is 3.54. The number of aliphatic carboxylic acids is 1. The number of hydrogen-bond donors (Lipinski definition) is 2. The Bertz CT molecular complexity index is 137. The number of carboxylic acids is 1. The molecule has 0 amide bonds.